The van der Waals surface area contributed by atoms with Gasteiger partial charge in [-0.2, -0.15) is 0 Å². The number of amides is 3. The molecule has 3 amide bonds. The Morgan fingerprint density at radius 3 is 2.16 bits per heavy atom. The monoisotopic (exact) mass is 691 g/mol. The van der Waals surface area contributed by atoms with Gasteiger partial charge in [0.05, 0.1) is 18.0 Å². The number of methoxy groups -OCH3 is 1. The van der Waals surface area contributed by atoms with Gasteiger partial charge in [0.15, 0.2) is 0 Å². The van der Waals surface area contributed by atoms with Gasteiger partial charge in [-0.3, -0.25) is 14.4 Å². The van der Waals surface area contributed by atoms with Crippen molar-refractivity contribution in [2.24, 2.45) is 0 Å². The molecule has 0 aliphatic carbocycles. The number of benzene rings is 5. The number of hydrogen-bond acceptors (Lipinski definition) is 6. The summed E-state index contributed by atoms with van der Waals surface area (Å²) in [5.74, 6) is 0.0433. The van der Waals surface area contributed by atoms with E-state index < -0.39 is 17.1 Å². The van der Waals surface area contributed by atoms with E-state index in [-0.39, 0.29) is 11.6 Å². The Labute approximate surface area is 294 Å². The molecule has 0 aromatic heterocycles. The average Bonchev–Trinajstić information content (AvgIpc) is 3.12. The van der Waals surface area contributed by atoms with Crippen LogP contribution in [0.5, 0.6) is 11.5 Å². The van der Waals surface area contributed by atoms with Gasteiger partial charge in [-0.05, 0) is 90.9 Å². The summed E-state index contributed by atoms with van der Waals surface area (Å²) < 4.78 is 11.2. The Morgan fingerprint density at radius 2 is 1.49 bits per heavy atom. The molecule has 0 aliphatic heterocycles. The van der Waals surface area contributed by atoms with Gasteiger partial charge in [-0.15, -0.1) is 11.8 Å². The molecule has 5 aromatic rings. The van der Waals surface area contributed by atoms with Crippen molar-refractivity contribution in [3.05, 3.63) is 155 Å². The van der Waals surface area contributed by atoms with E-state index in [1.807, 2.05) is 72.8 Å². The number of thioether (sulfide) groups is 1. The van der Waals surface area contributed by atoms with E-state index in [0.29, 0.717) is 45.6 Å². The lowest BCUT2D eigenvalue weighted by Crippen LogP contribution is -2.30. The first-order chi connectivity index (χ1) is 23.8. The van der Waals surface area contributed by atoms with Crippen molar-refractivity contribution in [1.29, 1.82) is 0 Å². The second-order valence-electron chi connectivity index (χ2n) is 10.8. The average molecular weight is 692 g/mol. The first-order valence-corrected chi connectivity index (χ1v) is 16.6. The fraction of sp³-hybridized carbons (Fsp3) is 0.103. The summed E-state index contributed by atoms with van der Waals surface area (Å²) in [5, 5.41) is 8.52. The minimum absolute atomic E-state index is 0.0620. The topological polar surface area (TPSA) is 106 Å². The molecule has 1 atom stereocenters. The van der Waals surface area contributed by atoms with Gasteiger partial charge >= 0.3 is 0 Å². The van der Waals surface area contributed by atoms with Gasteiger partial charge in [-0.1, -0.05) is 72.3 Å². The Hall–Kier alpha value is -5.51. The highest BCUT2D eigenvalue weighted by Gasteiger charge is 2.18. The number of anilines is 2. The van der Waals surface area contributed by atoms with E-state index in [0.717, 1.165) is 10.5 Å². The number of halogens is 1. The van der Waals surface area contributed by atoms with Crippen LogP contribution in [0.2, 0.25) is 5.02 Å². The lowest BCUT2D eigenvalue weighted by Gasteiger charge is -2.15. The molecule has 5 rings (SSSR count). The first kappa shape index (κ1) is 34.8. The quantitative estimate of drug-likeness (QED) is 0.0845. The van der Waals surface area contributed by atoms with Crippen LogP contribution in [0.1, 0.15) is 28.4 Å². The molecular formula is C39H34ClN3O5S. The number of ether oxygens (including phenoxy) is 2. The van der Waals surface area contributed by atoms with E-state index in [1.54, 1.807) is 67.6 Å². The maximum atomic E-state index is 13.5. The molecule has 0 saturated heterocycles. The van der Waals surface area contributed by atoms with E-state index in [1.165, 1.54) is 18.9 Å². The summed E-state index contributed by atoms with van der Waals surface area (Å²) in [5.41, 5.74) is 3.22. The minimum Gasteiger partial charge on any atom is -0.495 e. The van der Waals surface area contributed by atoms with Crippen LogP contribution in [0.15, 0.2) is 138 Å². The highest BCUT2D eigenvalue weighted by atomic mass is 35.5. The number of hydrogen-bond donors (Lipinski definition) is 3. The van der Waals surface area contributed by atoms with Crippen LogP contribution in [0.25, 0.3) is 6.08 Å². The summed E-state index contributed by atoms with van der Waals surface area (Å²) >= 11 is 7.45. The SMILES string of the molecule is COc1ccc(Cl)cc1NC(=O)C(C)Sc1ccc(NC(=O)/C(=C/c2ccc(OCc3ccccc3)cc2)NC(=O)c2ccccc2)cc1. The molecule has 10 heteroatoms. The molecule has 5 aromatic carbocycles. The van der Waals surface area contributed by atoms with E-state index in [9.17, 15) is 14.4 Å². The Kier molecular flexibility index (Phi) is 12.1. The predicted octanol–water partition coefficient (Wildman–Crippen LogP) is 8.46. The van der Waals surface area contributed by atoms with Crippen LogP contribution < -0.4 is 25.4 Å². The molecular weight excluding hydrogens is 658 g/mol. The fourth-order valence-electron chi connectivity index (χ4n) is 4.60. The van der Waals surface area contributed by atoms with Crippen molar-refractivity contribution in [3.8, 4) is 11.5 Å². The van der Waals surface area contributed by atoms with Crippen LogP contribution in [0.4, 0.5) is 11.4 Å². The molecule has 0 saturated carbocycles. The molecule has 248 valence electrons. The normalized spacial score (nSPS) is 11.6. The summed E-state index contributed by atoms with van der Waals surface area (Å²) in [6, 6.07) is 37.9. The molecule has 0 aliphatic rings. The zero-order valence-corrected chi connectivity index (χ0v) is 28.4. The van der Waals surface area contributed by atoms with E-state index in [2.05, 4.69) is 16.0 Å². The lowest BCUT2D eigenvalue weighted by molar-refractivity contribution is -0.115. The molecule has 0 radical (unpaired) electrons. The number of nitrogens with one attached hydrogen (secondary N) is 3. The Bertz CT molecular complexity index is 1920. The minimum atomic E-state index is -0.502. The number of carbonyl (C=O) groups excluding carboxylic acids is 3. The summed E-state index contributed by atoms with van der Waals surface area (Å²) in [6.45, 7) is 2.22. The third-order valence-electron chi connectivity index (χ3n) is 7.18. The zero-order chi connectivity index (χ0) is 34.6. The summed E-state index contributed by atoms with van der Waals surface area (Å²) in [6.07, 6.45) is 1.61. The van der Waals surface area contributed by atoms with Crippen molar-refractivity contribution < 1.29 is 23.9 Å². The maximum Gasteiger partial charge on any atom is 0.272 e. The Morgan fingerprint density at radius 1 is 0.816 bits per heavy atom. The maximum absolute atomic E-state index is 13.5. The second-order valence-corrected chi connectivity index (χ2v) is 12.6. The van der Waals surface area contributed by atoms with Crippen LogP contribution in [0, 0.1) is 0 Å². The van der Waals surface area contributed by atoms with Crippen molar-refractivity contribution in [3.63, 3.8) is 0 Å². The van der Waals surface area contributed by atoms with Crippen LogP contribution in [0.3, 0.4) is 0 Å². The van der Waals surface area contributed by atoms with Gasteiger partial charge in [0.2, 0.25) is 5.91 Å². The molecule has 49 heavy (non-hydrogen) atoms. The van der Waals surface area contributed by atoms with Gasteiger partial charge in [0.1, 0.15) is 23.8 Å². The molecule has 1 unspecified atom stereocenters. The van der Waals surface area contributed by atoms with Crippen LogP contribution in [-0.2, 0) is 16.2 Å². The van der Waals surface area contributed by atoms with E-state index in [4.69, 9.17) is 21.1 Å². The standard InChI is InChI=1S/C39H34ClN3O5S/c1-26(37(44)42-34-24-30(40)15-22-36(34)47-2)49-33-20-16-31(17-21-33)41-39(46)35(43-38(45)29-11-7-4-8-12-29)23-27-13-18-32(19-14-27)48-25-28-9-5-3-6-10-28/h3-24,26H,25H2,1-2H3,(H,41,46)(H,42,44)(H,43,45)/b35-23-. The third-order valence-corrected chi connectivity index (χ3v) is 8.53. The molecule has 0 heterocycles. The molecule has 8 nitrogen and oxygen atoms in total. The van der Waals surface area contributed by atoms with Crippen LogP contribution in [-0.4, -0.2) is 30.1 Å². The van der Waals surface area contributed by atoms with Crippen molar-refractivity contribution in [2.45, 2.75) is 23.7 Å². The number of rotatable bonds is 13. The largest absolute Gasteiger partial charge is 0.495 e. The Balaban J connectivity index is 1.25. The predicted molar refractivity (Wildman–Crippen MR) is 196 cm³/mol. The molecule has 3 N–H and O–H groups in total. The molecule has 0 spiro atoms. The highest BCUT2D eigenvalue weighted by molar-refractivity contribution is 8.00. The van der Waals surface area contributed by atoms with Crippen molar-refractivity contribution in [1.82, 2.24) is 5.32 Å². The highest BCUT2D eigenvalue weighted by Crippen LogP contribution is 2.30. The van der Waals surface area contributed by atoms with Crippen LogP contribution >= 0.6 is 23.4 Å². The zero-order valence-electron chi connectivity index (χ0n) is 26.8. The van der Waals surface area contributed by atoms with Crippen molar-refractivity contribution >= 4 is 58.5 Å². The van der Waals surface area contributed by atoms with Gasteiger partial charge in [0, 0.05) is 21.2 Å². The summed E-state index contributed by atoms with van der Waals surface area (Å²) in [4.78, 5) is 40.3. The lowest BCUT2D eigenvalue weighted by atomic mass is 10.1. The first-order valence-electron chi connectivity index (χ1n) is 15.3. The van der Waals surface area contributed by atoms with Gasteiger partial charge in [-0.25, -0.2) is 0 Å². The second kappa shape index (κ2) is 17.1. The van der Waals surface area contributed by atoms with Gasteiger partial charge < -0.3 is 25.4 Å². The van der Waals surface area contributed by atoms with Gasteiger partial charge in [0.25, 0.3) is 11.8 Å². The summed E-state index contributed by atoms with van der Waals surface area (Å²) in [7, 11) is 1.52. The third kappa shape index (κ3) is 10.2. The molecule has 0 bridgehead atoms. The van der Waals surface area contributed by atoms with E-state index >= 15 is 0 Å². The fourth-order valence-corrected chi connectivity index (χ4v) is 5.63. The number of carbonyl (C=O) groups is 3. The van der Waals surface area contributed by atoms with Crippen molar-refractivity contribution in [2.75, 3.05) is 17.7 Å². The molecule has 0 fully saturated rings. The smallest absolute Gasteiger partial charge is 0.272 e.